The maximum absolute atomic E-state index is 13.5. The number of nitrogens with zero attached hydrogens (tertiary/aromatic N) is 4. The number of fused-ring (bicyclic) bond motifs is 1. The van der Waals surface area contributed by atoms with E-state index >= 15 is 0 Å². The molecule has 3 heterocycles. The lowest BCUT2D eigenvalue weighted by molar-refractivity contribution is -0.117. The fourth-order valence-corrected chi connectivity index (χ4v) is 4.41. The average molecular weight is 518 g/mol. The zero-order chi connectivity index (χ0) is 25.8. The third-order valence-corrected chi connectivity index (χ3v) is 6.39. The van der Waals surface area contributed by atoms with Gasteiger partial charge >= 0.3 is 0 Å². The number of hydrogen-bond donors (Lipinski definition) is 3. The van der Waals surface area contributed by atoms with Crippen molar-refractivity contribution in [2.75, 3.05) is 17.6 Å². The summed E-state index contributed by atoms with van der Waals surface area (Å²) in [5.74, 6) is -1.39. The number of halogens is 2. The third kappa shape index (κ3) is 5.51. The molecule has 0 radical (unpaired) electrons. The van der Waals surface area contributed by atoms with E-state index in [4.69, 9.17) is 5.73 Å². The zero-order valence-corrected chi connectivity index (χ0v) is 20.2. The molecule has 1 aliphatic heterocycles. The number of aromatic nitrogens is 3. The molecular formula is C26H21F2N7OS. The predicted molar refractivity (Wildman–Crippen MR) is 142 cm³/mol. The highest BCUT2D eigenvalue weighted by molar-refractivity contribution is 7.14. The van der Waals surface area contributed by atoms with Crippen molar-refractivity contribution in [2.24, 2.45) is 4.99 Å². The van der Waals surface area contributed by atoms with Crippen LogP contribution in [-0.4, -0.2) is 33.6 Å². The second-order valence-electron chi connectivity index (χ2n) is 8.12. The molecule has 0 unspecified atom stereocenters. The molecule has 186 valence electrons. The number of aliphatic imine (C=N–C) groups is 1. The molecule has 0 spiro atoms. The molecule has 1 aliphatic carbocycles. The number of rotatable bonds is 6. The van der Waals surface area contributed by atoms with E-state index in [2.05, 4.69) is 30.6 Å². The third-order valence-electron chi connectivity index (χ3n) is 5.64. The minimum Gasteiger partial charge on any atom is -0.383 e. The number of nitrogens with two attached hydrogens (primary N) is 1. The quantitative estimate of drug-likeness (QED) is 0.417. The molecule has 2 aliphatic rings. The molecule has 0 saturated carbocycles. The van der Waals surface area contributed by atoms with Gasteiger partial charge in [0.05, 0.1) is 16.8 Å². The number of anilines is 2. The summed E-state index contributed by atoms with van der Waals surface area (Å²) >= 11 is 1.36. The van der Waals surface area contributed by atoms with Crippen molar-refractivity contribution in [1.29, 1.82) is 0 Å². The van der Waals surface area contributed by atoms with Crippen molar-refractivity contribution in [1.82, 2.24) is 20.3 Å². The fraction of sp³-hybridized carbons (Fsp3) is 0.115. The van der Waals surface area contributed by atoms with Gasteiger partial charge in [-0.3, -0.25) is 4.79 Å². The van der Waals surface area contributed by atoms with Crippen LogP contribution in [0.1, 0.15) is 12.8 Å². The standard InChI is InChI=1S/C26H21F2N7OS/c27-19-7-4-15(5-8-20(19)28)12-31-25(36)17-3-1-2-10-30-24(17)35-26-34-22(13-37-26)16-6-9-21-18(11-16)23(29)33-14-32-21/h1,3-7,9-11,13-14H,2,8,12H2,(H,31,36)(H,34,35)(H2,29,32,33). The number of thiazole rings is 1. The SMILES string of the molecule is Nc1ncnc2ccc(-c3csc(NC4=C(C(=O)NCC5=CCC(F)=C(F)C=C5)C=CCC=N4)n3)cc12. The van der Waals surface area contributed by atoms with Crippen LogP contribution in [0.5, 0.6) is 0 Å². The summed E-state index contributed by atoms with van der Waals surface area (Å²) in [5.41, 5.74) is 9.21. The second-order valence-corrected chi connectivity index (χ2v) is 8.98. The average Bonchev–Trinajstić information content (AvgIpc) is 3.16. The Bertz CT molecular complexity index is 1570. The maximum atomic E-state index is 13.5. The maximum Gasteiger partial charge on any atom is 0.255 e. The van der Waals surface area contributed by atoms with Crippen LogP contribution in [0.15, 0.2) is 93.9 Å². The number of carbonyl (C=O) groups is 1. The lowest BCUT2D eigenvalue weighted by atomic mass is 10.1. The number of hydrogen-bond acceptors (Lipinski definition) is 8. The van der Waals surface area contributed by atoms with Gasteiger partial charge in [0, 0.05) is 41.9 Å². The highest BCUT2D eigenvalue weighted by atomic mass is 32.1. The van der Waals surface area contributed by atoms with Gasteiger partial charge in [-0.25, -0.2) is 28.7 Å². The molecule has 1 amide bonds. The number of benzene rings is 1. The van der Waals surface area contributed by atoms with Gasteiger partial charge in [-0.2, -0.15) is 0 Å². The number of amides is 1. The van der Waals surface area contributed by atoms with Gasteiger partial charge in [0.2, 0.25) is 0 Å². The molecule has 3 aromatic rings. The van der Waals surface area contributed by atoms with E-state index < -0.39 is 11.7 Å². The van der Waals surface area contributed by atoms with Gasteiger partial charge in [-0.05, 0) is 29.9 Å². The molecule has 2 aromatic heterocycles. The summed E-state index contributed by atoms with van der Waals surface area (Å²) in [7, 11) is 0. The van der Waals surface area contributed by atoms with Gasteiger partial charge in [0.1, 0.15) is 23.8 Å². The number of allylic oxidation sites excluding steroid dienone is 5. The Morgan fingerprint density at radius 2 is 2.05 bits per heavy atom. The minimum atomic E-state index is -0.906. The molecular weight excluding hydrogens is 496 g/mol. The summed E-state index contributed by atoms with van der Waals surface area (Å²) in [6.45, 7) is 0.112. The monoisotopic (exact) mass is 517 g/mol. The molecule has 8 nitrogen and oxygen atoms in total. The van der Waals surface area contributed by atoms with Gasteiger partial charge in [0.25, 0.3) is 5.91 Å². The van der Waals surface area contributed by atoms with E-state index in [9.17, 15) is 13.6 Å². The molecule has 11 heteroatoms. The van der Waals surface area contributed by atoms with Gasteiger partial charge in [-0.15, -0.1) is 11.3 Å². The Morgan fingerprint density at radius 1 is 1.16 bits per heavy atom. The van der Waals surface area contributed by atoms with Crippen molar-refractivity contribution in [3.8, 4) is 11.3 Å². The summed E-state index contributed by atoms with van der Waals surface area (Å²) < 4.78 is 26.9. The van der Waals surface area contributed by atoms with E-state index in [0.717, 1.165) is 28.2 Å². The molecule has 0 saturated heterocycles. The topological polar surface area (TPSA) is 118 Å². The van der Waals surface area contributed by atoms with Crippen LogP contribution in [0.25, 0.3) is 22.2 Å². The highest BCUT2D eigenvalue weighted by Gasteiger charge is 2.17. The van der Waals surface area contributed by atoms with Crippen molar-refractivity contribution in [3.63, 3.8) is 0 Å². The largest absolute Gasteiger partial charge is 0.383 e. The van der Waals surface area contributed by atoms with E-state index in [1.165, 1.54) is 29.8 Å². The fourth-order valence-electron chi connectivity index (χ4n) is 3.69. The molecule has 5 rings (SSSR count). The lowest BCUT2D eigenvalue weighted by Crippen LogP contribution is -2.27. The van der Waals surface area contributed by atoms with Crippen LogP contribution in [-0.2, 0) is 4.79 Å². The molecule has 0 fully saturated rings. The van der Waals surface area contributed by atoms with E-state index in [1.54, 1.807) is 12.3 Å². The van der Waals surface area contributed by atoms with Crippen molar-refractivity contribution < 1.29 is 13.6 Å². The first-order valence-electron chi connectivity index (χ1n) is 11.3. The Balaban J connectivity index is 1.34. The molecule has 0 bridgehead atoms. The summed E-state index contributed by atoms with van der Waals surface area (Å²) in [6, 6.07) is 5.65. The lowest BCUT2D eigenvalue weighted by Gasteiger charge is -2.10. The summed E-state index contributed by atoms with van der Waals surface area (Å²) in [5, 5.41) is 9.11. The van der Waals surface area contributed by atoms with E-state index in [1.807, 2.05) is 29.7 Å². The van der Waals surface area contributed by atoms with Crippen LogP contribution in [0, 0.1) is 0 Å². The molecule has 4 N–H and O–H groups in total. The van der Waals surface area contributed by atoms with Gasteiger partial charge in [0.15, 0.2) is 11.0 Å². The van der Waals surface area contributed by atoms with Gasteiger partial charge < -0.3 is 16.4 Å². The van der Waals surface area contributed by atoms with E-state index in [0.29, 0.717) is 34.3 Å². The molecule has 0 atom stereocenters. The number of nitrogens with one attached hydrogen (secondary N) is 2. The Hall–Kier alpha value is -4.51. The smallest absolute Gasteiger partial charge is 0.255 e. The first-order valence-corrected chi connectivity index (χ1v) is 12.2. The van der Waals surface area contributed by atoms with Crippen LogP contribution in [0.4, 0.5) is 19.7 Å². The number of nitrogen functional groups attached to an aromatic ring is 1. The van der Waals surface area contributed by atoms with Crippen molar-refractivity contribution >= 4 is 45.3 Å². The summed E-state index contributed by atoms with van der Waals surface area (Å²) in [4.78, 5) is 30.3. The summed E-state index contributed by atoms with van der Waals surface area (Å²) in [6.07, 6.45) is 11.1. The van der Waals surface area contributed by atoms with Crippen molar-refractivity contribution in [2.45, 2.75) is 12.8 Å². The zero-order valence-electron chi connectivity index (χ0n) is 19.4. The Morgan fingerprint density at radius 3 is 2.95 bits per heavy atom. The van der Waals surface area contributed by atoms with Crippen molar-refractivity contribution in [3.05, 3.63) is 88.9 Å². The second kappa shape index (κ2) is 10.6. The van der Waals surface area contributed by atoms with Crippen LogP contribution in [0.3, 0.4) is 0 Å². The normalized spacial score (nSPS) is 15.6. The van der Waals surface area contributed by atoms with Crippen LogP contribution < -0.4 is 16.4 Å². The minimum absolute atomic E-state index is 0.112. The van der Waals surface area contributed by atoms with Crippen LogP contribution >= 0.6 is 11.3 Å². The molecule has 1 aromatic carbocycles. The molecule has 37 heavy (non-hydrogen) atoms. The first kappa shape index (κ1) is 24.2. The highest BCUT2D eigenvalue weighted by Crippen LogP contribution is 2.30. The van der Waals surface area contributed by atoms with Gasteiger partial charge in [-0.1, -0.05) is 24.3 Å². The first-order chi connectivity index (χ1) is 18.0. The Kier molecular flexibility index (Phi) is 6.95. The number of carbonyl (C=O) groups excluding carboxylic acids is 1. The van der Waals surface area contributed by atoms with E-state index in [-0.39, 0.29) is 18.9 Å². The Labute approximate surface area is 214 Å². The van der Waals surface area contributed by atoms with Crippen LogP contribution in [0.2, 0.25) is 0 Å². The predicted octanol–water partition coefficient (Wildman–Crippen LogP) is 5.14.